The van der Waals surface area contributed by atoms with Gasteiger partial charge in [-0.2, -0.15) is 0 Å². The number of rotatable bonds is 5. The van der Waals surface area contributed by atoms with E-state index in [1.54, 1.807) is 48.0 Å². The highest BCUT2D eigenvalue weighted by molar-refractivity contribution is 6.08. The molecular formula is C25H18F2N4O2. The number of carbonyl (C=O) groups excluding carboxylic acids is 1. The first-order valence-electron chi connectivity index (χ1n) is 10.2. The van der Waals surface area contributed by atoms with Crippen molar-refractivity contribution in [2.45, 2.75) is 13.5 Å². The second-order valence-electron chi connectivity index (χ2n) is 7.43. The maximum absolute atomic E-state index is 14.0. The summed E-state index contributed by atoms with van der Waals surface area (Å²) in [5, 5.41) is 3.75. The number of anilines is 1. The fourth-order valence-corrected chi connectivity index (χ4v) is 3.76. The summed E-state index contributed by atoms with van der Waals surface area (Å²) in [6.45, 7) is 1.40. The lowest BCUT2D eigenvalue weighted by Crippen LogP contribution is -2.16. The molecule has 1 amide bonds. The number of carbonyl (C=O) groups is 1. The maximum Gasteiger partial charge on any atom is 0.274 e. The molecule has 1 N–H and O–H groups in total. The van der Waals surface area contributed by atoms with Crippen LogP contribution in [0.5, 0.6) is 5.75 Å². The number of hydrogen-bond acceptors (Lipinski definition) is 4. The van der Waals surface area contributed by atoms with E-state index in [2.05, 4.69) is 15.3 Å². The molecule has 0 bridgehead atoms. The summed E-state index contributed by atoms with van der Waals surface area (Å²) in [6.07, 6.45) is 3.38. The minimum Gasteiger partial charge on any atom is -0.485 e. The summed E-state index contributed by atoms with van der Waals surface area (Å²) in [6, 6.07) is 16.1. The molecule has 2 aromatic carbocycles. The van der Waals surface area contributed by atoms with Crippen molar-refractivity contribution in [3.8, 4) is 5.75 Å². The summed E-state index contributed by atoms with van der Waals surface area (Å²) in [5.41, 5.74) is 2.40. The number of nitrogens with zero attached hydrogens (tertiary/aromatic N) is 3. The van der Waals surface area contributed by atoms with Gasteiger partial charge in [0.05, 0.1) is 22.5 Å². The third kappa shape index (κ3) is 3.76. The van der Waals surface area contributed by atoms with Gasteiger partial charge in [0.15, 0.2) is 11.4 Å². The number of aryl methyl sites for hydroxylation is 1. The van der Waals surface area contributed by atoms with Crippen molar-refractivity contribution in [1.82, 2.24) is 14.4 Å². The number of benzene rings is 2. The van der Waals surface area contributed by atoms with Crippen molar-refractivity contribution < 1.29 is 18.3 Å². The van der Waals surface area contributed by atoms with Crippen LogP contribution < -0.4 is 10.1 Å². The van der Waals surface area contributed by atoms with E-state index in [1.807, 2.05) is 18.2 Å². The lowest BCUT2D eigenvalue weighted by Gasteiger charge is -2.10. The van der Waals surface area contributed by atoms with Crippen molar-refractivity contribution in [3.05, 3.63) is 102 Å². The Bertz CT molecular complexity index is 1490. The summed E-state index contributed by atoms with van der Waals surface area (Å²) in [4.78, 5) is 22.0. The zero-order valence-electron chi connectivity index (χ0n) is 17.5. The first kappa shape index (κ1) is 20.6. The van der Waals surface area contributed by atoms with Gasteiger partial charge in [0.1, 0.15) is 23.9 Å². The van der Waals surface area contributed by atoms with Crippen molar-refractivity contribution in [3.63, 3.8) is 0 Å². The van der Waals surface area contributed by atoms with Crippen LogP contribution in [0.15, 0.2) is 73.1 Å². The van der Waals surface area contributed by atoms with Gasteiger partial charge < -0.3 is 10.1 Å². The minimum absolute atomic E-state index is 0.176. The molecule has 33 heavy (non-hydrogen) atoms. The molecule has 5 aromatic rings. The molecular weight excluding hydrogens is 426 g/mol. The molecule has 0 radical (unpaired) electrons. The van der Waals surface area contributed by atoms with Crippen molar-refractivity contribution in [2.75, 3.05) is 5.32 Å². The molecule has 0 unspecified atom stereocenters. The fraction of sp³-hybridized carbons (Fsp3) is 0.0800. The molecule has 0 fully saturated rings. The normalized spacial score (nSPS) is 11.1. The molecule has 5 rings (SSSR count). The van der Waals surface area contributed by atoms with Gasteiger partial charge in [-0.1, -0.05) is 12.1 Å². The van der Waals surface area contributed by atoms with Crippen LogP contribution in [-0.4, -0.2) is 20.3 Å². The van der Waals surface area contributed by atoms with Crippen molar-refractivity contribution in [1.29, 1.82) is 0 Å². The molecule has 0 atom stereocenters. The average Bonchev–Trinajstić information content (AvgIpc) is 3.15. The van der Waals surface area contributed by atoms with Crippen LogP contribution in [0.2, 0.25) is 0 Å². The predicted octanol–water partition coefficient (Wildman–Crippen LogP) is 5.30. The van der Waals surface area contributed by atoms with Crippen LogP contribution in [0.4, 0.5) is 14.5 Å². The molecule has 0 aliphatic heterocycles. The maximum atomic E-state index is 14.0. The van der Waals surface area contributed by atoms with Crippen LogP contribution >= 0.6 is 0 Å². The van der Waals surface area contributed by atoms with Gasteiger partial charge in [-0.25, -0.2) is 13.8 Å². The topological polar surface area (TPSA) is 68.5 Å². The van der Waals surface area contributed by atoms with Crippen LogP contribution in [0.1, 0.15) is 21.7 Å². The number of nitrogens with one attached hydrogen (secondary N) is 1. The first-order chi connectivity index (χ1) is 16.0. The quantitative estimate of drug-likeness (QED) is 0.399. The van der Waals surface area contributed by atoms with Gasteiger partial charge in [0, 0.05) is 17.8 Å². The zero-order valence-corrected chi connectivity index (χ0v) is 17.5. The number of fused-ring (bicyclic) bond motifs is 2. The molecule has 8 heteroatoms. The zero-order chi connectivity index (χ0) is 22.9. The van der Waals surface area contributed by atoms with Crippen LogP contribution in [-0.2, 0) is 6.61 Å². The highest BCUT2D eigenvalue weighted by atomic mass is 19.1. The van der Waals surface area contributed by atoms with E-state index in [1.165, 1.54) is 18.2 Å². The summed E-state index contributed by atoms with van der Waals surface area (Å²) < 4.78 is 35.2. The average molecular weight is 444 g/mol. The van der Waals surface area contributed by atoms with E-state index in [0.717, 1.165) is 10.9 Å². The third-order valence-electron chi connectivity index (χ3n) is 5.33. The molecule has 164 valence electrons. The number of imidazole rings is 1. The van der Waals surface area contributed by atoms with E-state index < -0.39 is 11.6 Å². The fourth-order valence-electron chi connectivity index (χ4n) is 3.76. The van der Waals surface area contributed by atoms with Gasteiger partial charge in [0.2, 0.25) is 0 Å². The summed E-state index contributed by atoms with van der Waals surface area (Å²) >= 11 is 0. The predicted molar refractivity (Wildman–Crippen MR) is 120 cm³/mol. The van der Waals surface area contributed by atoms with E-state index in [4.69, 9.17) is 4.74 Å². The number of ether oxygens (including phenoxy) is 1. The Kier molecular flexibility index (Phi) is 5.18. The van der Waals surface area contributed by atoms with E-state index >= 15 is 0 Å². The van der Waals surface area contributed by atoms with Gasteiger partial charge >= 0.3 is 0 Å². The molecule has 0 saturated carbocycles. The Morgan fingerprint density at radius 1 is 1.03 bits per heavy atom. The van der Waals surface area contributed by atoms with Crippen LogP contribution in [0.25, 0.3) is 16.6 Å². The Morgan fingerprint density at radius 2 is 1.82 bits per heavy atom. The lowest BCUT2D eigenvalue weighted by atomic mass is 10.1. The molecule has 0 spiro atoms. The number of amides is 1. The summed E-state index contributed by atoms with van der Waals surface area (Å²) in [5.74, 6) is -1.43. The van der Waals surface area contributed by atoms with E-state index in [-0.39, 0.29) is 18.1 Å². The number of halogens is 2. The van der Waals surface area contributed by atoms with Gasteiger partial charge in [-0.15, -0.1) is 0 Å². The van der Waals surface area contributed by atoms with Gasteiger partial charge in [0.25, 0.3) is 5.91 Å². The van der Waals surface area contributed by atoms with E-state index in [0.29, 0.717) is 28.5 Å². The van der Waals surface area contributed by atoms with E-state index in [9.17, 15) is 13.6 Å². The standard InChI is InChI=1S/C25H18F2N4O2/c1-15-23(25(32)30-21-10-3-9-20-16(21)6-4-12-28-20)31-13-5-11-22(24(31)29-15)33-14-17-18(26)7-2-8-19(17)27/h2-13H,14H2,1H3,(H,30,32). The second-order valence-corrected chi connectivity index (χ2v) is 7.43. The smallest absolute Gasteiger partial charge is 0.274 e. The molecule has 6 nitrogen and oxygen atoms in total. The molecule has 0 aliphatic carbocycles. The first-order valence-corrected chi connectivity index (χ1v) is 10.2. The third-order valence-corrected chi connectivity index (χ3v) is 5.33. The Hall–Kier alpha value is -4.33. The Labute approximate surface area is 187 Å². The Balaban J connectivity index is 1.47. The number of aromatic nitrogens is 3. The van der Waals surface area contributed by atoms with Crippen molar-refractivity contribution >= 4 is 28.1 Å². The van der Waals surface area contributed by atoms with Crippen LogP contribution in [0, 0.1) is 18.6 Å². The van der Waals surface area contributed by atoms with Crippen LogP contribution in [0.3, 0.4) is 0 Å². The molecule has 3 aromatic heterocycles. The lowest BCUT2D eigenvalue weighted by molar-refractivity contribution is 0.102. The van der Waals surface area contributed by atoms with Gasteiger partial charge in [-0.3, -0.25) is 14.2 Å². The SMILES string of the molecule is Cc1nc2c(OCc3c(F)cccc3F)cccn2c1C(=O)Nc1cccc2ncccc12. The number of pyridine rings is 2. The summed E-state index contributed by atoms with van der Waals surface area (Å²) in [7, 11) is 0. The second kappa shape index (κ2) is 8.31. The van der Waals surface area contributed by atoms with Gasteiger partial charge in [-0.05, 0) is 55.5 Å². The highest BCUT2D eigenvalue weighted by Gasteiger charge is 2.20. The van der Waals surface area contributed by atoms with Crippen molar-refractivity contribution in [2.24, 2.45) is 0 Å². The highest BCUT2D eigenvalue weighted by Crippen LogP contribution is 2.26. The molecule has 0 saturated heterocycles. The molecule has 0 aliphatic rings. The number of hydrogen-bond donors (Lipinski definition) is 1. The minimum atomic E-state index is -0.689. The largest absolute Gasteiger partial charge is 0.485 e. The monoisotopic (exact) mass is 444 g/mol. The molecule has 3 heterocycles. The Morgan fingerprint density at radius 3 is 2.64 bits per heavy atom.